The second kappa shape index (κ2) is 6.37. The number of hydrogen-bond acceptors (Lipinski definition) is 5. The predicted octanol–water partition coefficient (Wildman–Crippen LogP) is 2.91. The molecule has 2 heterocycles. The van der Waals surface area contributed by atoms with Crippen LogP contribution in [0, 0.1) is 13.8 Å². The van der Waals surface area contributed by atoms with Crippen LogP contribution < -0.4 is 5.32 Å². The predicted molar refractivity (Wildman–Crippen MR) is 77.9 cm³/mol. The maximum atomic E-state index is 12.0. The maximum Gasteiger partial charge on any atom is 0.227 e. The molecule has 0 aromatic carbocycles. The molecule has 5 nitrogen and oxygen atoms in total. The number of rotatable bonds is 5. The Kier molecular flexibility index (Phi) is 4.77. The molecule has 0 aliphatic carbocycles. The molecule has 0 saturated heterocycles. The zero-order valence-corrected chi connectivity index (χ0v) is 13.1. The first kappa shape index (κ1) is 15.0. The Hall–Kier alpha value is -1.40. The van der Waals surface area contributed by atoms with Gasteiger partial charge in [0.15, 0.2) is 0 Å². The molecule has 108 valence electrons. The van der Waals surface area contributed by atoms with E-state index in [-0.39, 0.29) is 18.4 Å². The molecule has 0 bridgehead atoms. The summed E-state index contributed by atoms with van der Waals surface area (Å²) in [4.78, 5) is 16.3. The first-order valence-corrected chi connectivity index (χ1v) is 7.64. The number of nitrogens with one attached hydrogen (secondary N) is 1. The van der Waals surface area contributed by atoms with Crippen LogP contribution >= 0.6 is 22.9 Å². The minimum atomic E-state index is -0.138. The molecule has 7 heteroatoms. The Morgan fingerprint density at radius 1 is 1.55 bits per heavy atom. The highest BCUT2D eigenvalue weighted by molar-refractivity contribution is 7.09. The zero-order chi connectivity index (χ0) is 14.7. The maximum absolute atomic E-state index is 12.0. The molecule has 0 radical (unpaired) electrons. The van der Waals surface area contributed by atoms with E-state index in [1.54, 1.807) is 0 Å². The van der Waals surface area contributed by atoms with Gasteiger partial charge in [-0.05, 0) is 20.8 Å². The zero-order valence-electron chi connectivity index (χ0n) is 11.6. The average molecular weight is 314 g/mol. The van der Waals surface area contributed by atoms with E-state index in [4.69, 9.17) is 16.1 Å². The third-order valence-electron chi connectivity index (χ3n) is 2.95. The van der Waals surface area contributed by atoms with Crippen molar-refractivity contribution in [2.75, 3.05) is 0 Å². The first-order valence-electron chi connectivity index (χ1n) is 6.22. The minimum absolute atomic E-state index is 0.0760. The number of carbonyl (C=O) groups is 1. The van der Waals surface area contributed by atoms with Gasteiger partial charge in [-0.15, -0.1) is 22.9 Å². The van der Waals surface area contributed by atoms with Gasteiger partial charge in [-0.3, -0.25) is 4.79 Å². The minimum Gasteiger partial charge on any atom is -0.361 e. The standard InChI is InChI=1S/C13H16ClN3O2S/c1-7(13-8(2)17-19-9(13)3)15-11(18)4-12-16-10(5-14)6-20-12/h6-7H,4-5H2,1-3H3,(H,15,18). The summed E-state index contributed by atoms with van der Waals surface area (Å²) in [6.45, 7) is 5.62. The van der Waals surface area contributed by atoms with Crippen LogP contribution in [0.3, 0.4) is 0 Å². The van der Waals surface area contributed by atoms with E-state index in [2.05, 4.69) is 15.5 Å². The summed E-state index contributed by atoms with van der Waals surface area (Å²) in [6.07, 6.45) is 0.259. The van der Waals surface area contributed by atoms with Crippen molar-refractivity contribution in [2.45, 2.75) is 39.1 Å². The average Bonchev–Trinajstić information content (AvgIpc) is 2.96. The van der Waals surface area contributed by atoms with Gasteiger partial charge >= 0.3 is 0 Å². The normalized spacial score (nSPS) is 12.4. The molecule has 1 atom stereocenters. The molecule has 2 aromatic rings. The van der Waals surface area contributed by atoms with Crippen LogP contribution in [0.15, 0.2) is 9.90 Å². The smallest absolute Gasteiger partial charge is 0.227 e. The van der Waals surface area contributed by atoms with Crippen molar-refractivity contribution in [3.63, 3.8) is 0 Å². The lowest BCUT2D eigenvalue weighted by Crippen LogP contribution is -2.28. The molecule has 1 amide bonds. The number of amides is 1. The summed E-state index contributed by atoms with van der Waals surface area (Å²) >= 11 is 7.14. The van der Waals surface area contributed by atoms with Gasteiger partial charge in [0.25, 0.3) is 0 Å². The van der Waals surface area contributed by atoms with E-state index in [0.717, 1.165) is 27.7 Å². The van der Waals surface area contributed by atoms with E-state index in [0.29, 0.717) is 5.88 Å². The molecule has 1 N–H and O–H groups in total. The van der Waals surface area contributed by atoms with Crippen molar-refractivity contribution in [1.29, 1.82) is 0 Å². The largest absolute Gasteiger partial charge is 0.361 e. The number of thiazole rings is 1. The van der Waals surface area contributed by atoms with Gasteiger partial charge in [-0.1, -0.05) is 5.16 Å². The van der Waals surface area contributed by atoms with Crippen LogP contribution in [-0.2, 0) is 17.1 Å². The van der Waals surface area contributed by atoms with Crippen LogP contribution in [0.1, 0.15) is 40.7 Å². The Balaban J connectivity index is 1.97. The Morgan fingerprint density at radius 2 is 2.30 bits per heavy atom. The van der Waals surface area contributed by atoms with Gasteiger partial charge in [0, 0.05) is 10.9 Å². The van der Waals surface area contributed by atoms with Crippen molar-refractivity contribution in [3.05, 3.63) is 33.1 Å². The number of carbonyl (C=O) groups excluding carboxylic acids is 1. The molecule has 2 aromatic heterocycles. The number of hydrogen-bond donors (Lipinski definition) is 1. The van der Waals surface area contributed by atoms with Crippen molar-refractivity contribution >= 4 is 28.8 Å². The third-order valence-corrected chi connectivity index (χ3v) is 4.12. The Morgan fingerprint density at radius 3 is 2.85 bits per heavy atom. The van der Waals surface area contributed by atoms with Gasteiger partial charge in [-0.2, -0.15) is 0 Å². The number of aryl methyl sites for hydroxylation is 2. The second-order valence-electron chi connectivity index (χ2n) is 4.57. The van der Waals surface area contributed by atoms with Gasteiger partial charge in [0.2, 0.25) is 5.91 Å². The molecule has 0 spiro atoms. The molecular formula is C13H16ClN3O2S. The summed E-state index contributed by atoms with van der Waals surface area (Å²) in [7, 11) is 0. The lowest BCUT2D eigenvalue weighted by atomic mass is 10.1. The van der Waals surface area contributed by atoms with Crippen molar-refractivity contribution in [2.24, 2.45) is 0 Å². The van der Waals surface area contributed by atoms with E-state index in [9.17, 15) is 4.79 Å². The first-order chi connectivity index (χ1) is 9.51. The van der Waals surface area contributed by atoms with Crippen LogP contribution in [0.4, 0.5) is 0 Å². The summed E-state index contributed by atoms with van der Waals surface area (Å²) in [5.41, 5.74) is 2.53. The topological polar surface area (TPSA) is 68.0 Å². The van der Waals surface area contributed by atoms with Crippen LogP contribution in [0.5, 0.6) is 0 Å². The lowest BCUT2D eigenvalue weighted by Gasteiger charge is -2.13. The molecule has 1 unspecified atom stereocenters. The summed E-state index contributed by atoms with van der Waals surface area (Å²) in [5.74, 6) is 1.02. The van der Waals surface area contributed by atoms with Crippen LogP contribution in [-0.4, -0.2) is 16.0 Å². The fourth-order valence-electron chi connectivity index (χ4n) is 2.10. The summed E-state index contributed by atoms with van der Waals surface area (Å²) in [6, 6.07) is -0.138. The summed E-state index contributed by atoms with van der Waals surface area (Å²) < 4.78 is 5.11. The van der Waals surface area contributed by atoms with E-state index in [1.807, 2.05) is 26.2 Å². The Labute approximate surface area is 126 Å². The highest BCUT2D eigenvalue weighted by atomic mass is 35.5. The molecule has 0 fully saturated rings. The van der Waals surface area contributed by atoms with Crippen molar-refractivity contribution in [3.8, 4) is 0 Å². The van der Waals surface area contributed by atoms with Gasteiger partial charge in [-0.25, -0.2) is 4.98 Å². The Bertz CT molecular complexity index is 589. The van der Waals surface area contributed by atoms with Crippen LogP contribution in [0.25, 0.3) is 0 Å². The van der Waals surface area contributed by atoms with Gasteiger partial charge in [0.05, 0.1) is 29.7 Å². The molecular weight excluding hydrogens is 298 g/mol. The second-order valence-corrected chi connectivity index (χ2v) is 5.78. The van der Waals surface area contributed by atoms with Gasteiger partial charge in [0.1, 0.15) is 10.8 Å². The third kappa shape index (κ3) is 3.37. The molecule has 0 aliphatic rings. The monoisotopic (exact) mass is 313 g/mol. The van der Waals surface area contributed by atoms with Gasteiger partial charge < -0.3 is 9.84 Å². The number of nitrogens with zero attached hydrogens (tertiary/aromatic N) is 2. The molecule has 2 rings (SSSR count). The lowest BCUT2D eigenvalue weighted by molar-refractivity contribution is -0.121. The van der Waals surface area contributed by atoms with Crippen molar-refractivity contribution < 1.29 is 9.32 Å². The fourth-order valence-corrected chi connectivity index (χ4v) is 3.12. The quantitative estimate of drug-likeness (QED) is 0.862. The number of halogens is 1. The molecule has 20 heavy (non-hydrogen) atoms. The highest BCUT2D eigenvalue weighted by Gasteiger charge is 2.18. The molecule has 0 aliphatic heterocycles. The highest BCUT2D eigenvalue weighted by Crippen LogP contribution is 2.21. The SMILES string of the molecule is Cc1noc(C)c1C(C)NC(=O)Cc1nc(CCl)cs1. The fraction of sp³-hybridized carbons (Fsp3) is 0.462. The number of aromatic nitrogens is 2. The molecule has 0 saturated carbocycles. The van der Waals surface area contributed by atoms with E-state index >= 15 is 0 Å². The van der Waals surface area contributed by atoms with Crippen molar-refractivity contribution in [1.82, 2.24) is 15.5 Å². The summed E-state index contributed by atoms with van der Waals surface area (Å²) in [5, 5.41) is 9.46. The van der Waals surface area contributed by atoms with E-state index in [1.165, 1.54) is 11.3 Å². The van der Waals surface area contributed by atoms with Crippen LogP contribution in [0.2, 0.25) is 0 Å². The van der Waals surface area contributed by atoms with E-state index < -0.39 is 0 Å². The number of alkyl halides is 1.